The van der Waals surface area contributed by atoms with E-state index in [1.807, 2.05) is 36.4 Å². The monoisotopic (exact) mass is 603 g/mol. The fourth-order valence-electron chi connectivity index (χ4n) is 5.38. The summed E-state index contributed by atoms with van der Waals surface area (Å²) in [7, 11) is 0. The van der Waals surface area contributed by atoms with Crippen LogP contribution in [0.3, 0.4) is 0 Å². The fraction of sp³-hybridized carbons (Fsp3) is 0.382. The zero-order chi connectivity index (χ0) is 30.9. The van der Waals surface area contributed by atoms with E-state index in [0.29, 0.717) is 51.3 Å². The van der Waals surface area contributed by atoms with Gasteiger partial charge in [-0.3, -0.25) is 9.59 Å². The number of nitrogens with zero attached hydrogens (tertiary/aromatic N) is 1. The number of hydrogen-bond acceptors (Lipinski definition) is 7. The van der Waals surface area contributed by atoms with Crippen molar-refractivity contribution in [1.82, 2.24) is 4.90 Å². The van der Waals surface area contributed by atoms with Crippen LogP contribution >= 0.6 is 0 Å². The van der Waals surface area contributed by atoms with Crippen molar-refractivity contribution in [2.75, 3.05) is 33.1 Å². The number of aromatic carboxylic acids is 1. The number of benzene rings is 3. The molecule has 3 aromatic carbocycles. The summed E-state index contributed by atoms with van der Waals surface area (Å²) in [6, 6.07) is 18.3. The minimum Gasteiger partial charge on any atom is -0.494 e. The van der Waals surface area contributed by atoms with Gasteiger partial charge in [-0.25, -0.2) is 4.79 Å². The first-order valence-corrected chi connectivity index (χ1v) is 15.0. The maximum Gasteiger partial charge on any atom is 0.335 e. The largest absolute Gasteiger partial charge is 0.494 e. The molecule has 2 aliphatic heterocycles. The topological polar surface area (TPSA) is 132 Å². The summed E-state index contributed by atoms with van der Waals surface area (Å²) in [5.74, 6) is -0.0655. The first-order chi connectivity index (χ1) is 21.4. The van der Waals surface area contributed by atoms with Gasteiger partial charge in [0.1, 0.15) is 11.5 Å². The average Bonchev–Trinajstić information content (AvgIpc) is 3.51. The van der Waals surface area contributed by atoms with Gasteiger partial charge in [-0.05, 0) is 98.5 Å². The van der Waals surface area contributed by atoms with Crippen LogP contribution in [0.5, 0.6) is 23.0 Å². The first kappa shape index (κ1) is 30.7. The molecular formula is C34H37NO9. The Morgan fingerprint density at radius 2 is 1.48 bits per heavy atom. The standard InChI is InChI=1S/C34H37NO9/c36-32(35-16-14-25(15-17-35)33(37)38)28-21-26(34(39)40)9-13-29(28)42-19-3-5-23-6-10-27(11-7-23)41-18-2-1-4-24-8-12-30-31(20-24)44-22-43-30/h6-13,20-21,25H,1-5,14-19,22H2,(H,37,38)(H,39,40). The molecule has 0 bridgehead atoms. The Bertz CT molecular complexity index is 1460. The van der Waals surface area contributed by atoms with Crippen LogP contribution in [0.2, 0.25) is 0 Å². The normalized spacial score (nSPS) is 14.3. The molecule has 3 aromatic rings. The van der Waals surface area contributed by atoms with Crippen LogP contribution in [0, 0.1) is 5.92 Å². The smallest absolute Gasteiger partial charge is 0.335 e. The SMILES string of the molecule is O=C(O)c1ccc(OCCCc2ccc(OCCCCc3ccc4c(c3)OCO4)cc2)c(C(=O)N2CCC(C(=O)O)CC2)c1. The molecule has 5 rings (SSSR count). The molecule has 0 saturated carbocycles. The van der Waals surface area contributed by atoms with Crippen molar-refractivity contribution in [2.45, 2.75) is 44.9 Å². The lowest BCUT2D eigenvalue weighted by Gasteiger charge is -2.30. The second kappa shape index (κ2) is 14.6. The third-order valence-corrected chi connectivity index (χ3v) is 7.94. The van der Waals surface area contributed by atoms with Crippen molar-refractivity contribution in [1.29, 1.82) is 0 Å². The van der Waals surface area contributed by atoms with Gasteiger partial charge in [0.05, 0.1) is 30.3 Å². The number of carbonyl (C=O) groups excluding carboxylic acids is 1. The van der Waals surface area contributed by atoms with E-state index >= 15 is 0 Å². The highest BCUT2D eigenvalue weighted by Crippen LogP contribution is 2.33. The van der Waals surface area contributed by atoms with E-state index in [-0.39, 0.29) is 23.8 Å². The molecule has 44 heavy (non-hydrogen) atoms. The maximum atomic E-state index is 13.3. The number of hydrogen-bond donors (Lipinski definition) is 2. The van der Waals surface area contributed by atoms with E-state index in [9.17, 15) is 24.6 Å². The number of aryl methyl sites for hydroxylation is 2. The average molecular weight is 604 g/mol. The molecule has 232 valence electrons. The second-order valence-electron chi connectivity index (χ2n) is 11.0. The minimum atomic E-state index is -1.14. The molecule has 0 radical (unpaired) electrons. The molecule has 1 amide bonds. The highest BCUT2D eigenvalue weighted by molar-refractivity contribution is 6.00. The fourth-order valence-corrected chi connectivity index (χ4v) is 5.38. The second-order valence-corrected chi connectivity index (χ2v) is 11.0. The van der Waals surface area contributed by atoms with Crippen LogP contribution in [-0.4, -0.2) is 66.1 Å². The number of likely N-dealkylation sites (tertiary alicyclic amines) is 1. The van der Waals surface area contributed by atoms with Crippen molar-refractivity contribution in [3.8, 4) is 23.0 Å². The molecule has 0 aliphatic carbocycles. The zero-order valence-corrected chi connectivity index (χ0v) is 24.5. The molecule has 2 N–H and O–H groups in total. The summed E-state index contributed by atoms with van der Waals surface area (Å²) >= 11 is 0. The summed E-state index contributed by atoms with van der Waals surface area (Å²) in [5.41, 5.74) is 2.52. The number of carboxylic acid groups (broad SMARTS) is 2. The number of rotatable bonds is 14. The number of carbonyl (C=O) groups is 3. The van der Waals surface area contributed by atoms with Gasteiger partial charge in [0.15, 0.2) is 11.5 Å². The highest BCUT2D eigenvalue weighted by Gasteiger charge is 2.29. The molecule has 0 aromatic heterocycles. The van der Waals surface area contributed by atoms with Gasteiger partial charge >= 0.3 is 11.9 Å². The van der Waals surface area contributed by atoms with E-state index < -0.39 is 17.9 Å². The Balaban J connectivity index is 1.05. The predicted molar refractivity (Wildman–Crippen MR) is 161 cm³/mol. The van der Waals surface area contributed by atoms with Gasteiger partial charge in [-0.2, -0.15) is 0 Å². The predicted octanol–water partition coefficient (Wildman–Crippen LogP) is 5.46. The van der Waals surface area contributed by atoms with Crippen LogP contribution in [0.4, 0.5) is 0 Å². The van der Waals surface area contributed by atoms with Crippen molar-refractivity contribution >= 4 is 17.8 Å². The van der Waals surface area contributed by atoms with Gasteiger partial charge < -0.3 is 34.1 Å². The van der Waals surface area contributed by atoms with E-state index in [2.05, 4.69) is 6.07 Å². The lowest BCUT2D eigenvalue weighted by Crippen LogP contribution is -2.40. The number of piperidine rings is 1. The molecule has 1 saturated heterocycles. The number of fused-ring (bicyclic) bond motifs is 1. The van der Waals surface area contributed by atoms with Crippen molar-refractivity contribution < 1.29 is 43.5 Å². The lowest BCUT2D eigenvalue weighted by atomic mass is 9.96. The summed E-state index contributed by atoms with van der Waals surface area (Å²) in [6.45, 7) is 1.86. The summed E-state index contributed by atoms with van der Waals surface area (Å²) in [4.78, 5) is 37.6. The number of carboxylic acids is 2. The van der Waals surface area contributed by atoms with E-state index in [1.165, 1.54) is 23.8 Å². The van der Waals surface area contributed by atoms with Gasteiger partial charge in [0.2, 0.25) is 6.79 Å². The number of ether oxygens (including phenoxy) is 4. The van der Waals surface area contributed by atoms with Crippen molar-refractivity contribution in [3.63, 3.8) is 0 Å². The van der Waals surface area contributed by atoms with Gasteiger partial charge in [0, 0.05) is 13.1 Å². The Morgan fingerprint density at radius 1 is 0.773 bits per heavy atom. The van der Waals surface area contributed by atoms with Crippen LogP contribution in [0.1, 0.15) is 63.9 Å². The van der Waals surface area contributed by atoms with Crippen LogP contribution in [0.15, 0.2) is 60.7 Å². The quantitative estimate of drug-likeness (QED) is 0.231. The molecule has 0 unspecified atom stereocenters. The lowest BCUT2D eigenvalue weighted by molar-refractivity contribution is -0.143. The molecule has 10 nitrogen and oxygen atoms in total. The van der Waals surface area contributed by atoms with Crippen LogP contribution in [-0.2, 0) is 17.6 Å². The van der Waals surface area contributed by atoms with E-state index in [1.54, 1.807) is 4.90 Å². The summed E-state index contributed by atoms with van der Waals surface area (Å²) < 4.78 is 22.7. The Hall–Kier alpha value is -4.73. The third kappa shape index (κ3) is 8.00. The number of unbranched alkanes of at least 4 members (excludes halogenated alkanes) is 1. The molecule has 2 aliphatic rings. The van der Waals surface area contributed by atoms with Crippen LogP contribution in [0.25, 0.3) is 0 Å². The molecule has 0 spiro atoms. The molecule has 0 atom stereocenters. The first-order valence-electron chi connectivity index (χ1n) is 15.0. The Kier molecular flexibility index (Phi) is 10.2. The third-order valence-electron chi connectivity index (χ3n) is 7.94. The molecule has 1 fully saturated rings. The Labute approximate surface area is 256 Å². The molecule has 2 heterocycles. The van der Waals surface area contributed by atoms with Gasteiger partial charge in [-0.1, -0.05) is 18.2 Å². The molecular weight excluding hydrogens is 566 g/mol. The van der Waals surface area contributed by atoms with Gasteiger partial charge in [-0.15, -0.1) is 0 Å². The molecule has 10 heteroatoms. The highest BCUT2D eigenvalue weighted by atomic mass is 16.7. The van der Waals surface area contributed by atoms with Crippen molar-refractivity contribution in [3.05, 3.63) is 82.9 Å². The number of aliphatic carboxylic acids is 1. The van der Waals surface area contributed by atoms with E-state index in [0.717, 1.165) is 48.5 Å². The summed E-state index contributed by atoms with van der Waals surface area (Å²) in [5, 5.41) is 18.7. The minimum absolute atomic E-state index is 0.00636. The van der Waals surface area contributed by atoms with Crippen LogP contribution < -0.4 is 18.9 Å². The van der Waals surface area contributed by atoms with Crippen molar-refractivity contribution in [2.24, 2.45) is 5.92 Å². The van der Waals surface area contributed by atoms with Gasteiger partial charge in [0.25, 0.3) is 5.91 Å². The summed E-state index contributed by atoms with van der Waals surface area (Å²) in [6.07, 6.45) is 5.07. The number of amides is 1. The maximum absolute atomic E-state index is 13.3. The zero-order valence-electron chi connectivity index (χ0n) is 24.5. The Morgan fingerprint density at radius 3 is 2.23 bits per heavy atom. The van der Waals surface area contributed by atoms with E-state index in [4.69, 9.17) is 18.9 Å².